The summed E-state index contributed by atoms with van der Waals surface area (Å²) in [6, 6.07) is 25.3. The minimum Gasteiger partial charge on any atom is -0.334 e. The van der Waals surface area contributed by atoms with Crippen molar-refractivity contribution < 1.29 is 9.18 Å². The molecule has 0 aliphatic carbocycles. The number of nitrogens with zero attached hydrogens (tertiary/aromatic N) is 1. The van der Waals surface area contributed by atoms with Gasteiger partial charge in [0.2, 0.25) is 0 Å². The Bertz CT molecular complexity index is 1170. The van der Waals surface area contributed by atoms with E-state index < -0.39 is 0 Å². The van der Waals surface area contributed by atoms with Crippen LogP contribution in [0.5, 0.6) is 0 Å². The lowest BCUT2D eigenvalue weighted by Crippen LogP contribution is -2.28. The van der Waals surface area contributed by atoms with E-state index in [1.807, 2.05) is 60.7 Å². The number of carbonyl (C=O) groups is 1. The Morgan fingerprint density at radius 1 is 0.875 bits per heavy atom. The molecule has 0 atom stereocenters. The lowest BCUT2D eigenvalue weighted by molar-refractivity contribution is 0.251. The van der Waals surface area contributed by atoms with Crippen molar-refractivity contribution in [2.24, 2.45) is 0 Å². The summed E-state index contributed by atoms with van der Waals surface area (Å²) < 4.78 is 16.6. The molecular weight excluding hydrogens is 423 g/mol. The van der Waals surface area contributed by atoms with E-state index in [0.717, 1.165) is 27.3 Å². The fourth-order valence-electron chi connectivity index (χ4n) is 3.02. The van der Waals surface area contributed by atoms with E-state index in [9.17, 15) is 9.18 Å². The van der Waals surface area contributed by atoms with Crippen molar-refractivity contribution in [3.63, 3.8) is 0 Å². The Morgan fingerprint density at radius 3 is 2.38 bits per heavy atom. The van der Waals surface area contributed by atoms with Crippen molar-refractivity contribution >= 4 is 29.4 Å². The van der Waals surface area contributed by atoms with Crippen LogP contribution in [0.15, 0.2) is 102 Å². The van der Waals surface area contributed by atoms with Gasteiger partial charge in [-0.2, -0.15) is 0 Å². The molecule has 0 saturated carbocycles. The van der Waals surface area contributed by atoms with Crippen molar-refractivity contribution in [3.05, 3.63) is 109 Å². The Kier molecular flexibility index (Phi) is 6.99. The standard InChI is InChI=1S/C25H21FN4OS/c26-20-9-7-19(8-10-20)23-5-1-2-6-24(23)32-30-22-13-11-21(12-14-22)29-25(31)28-17-18-4-3-15-27-16-18/h1-16,30H,17H2,(H2,28,29,31). The lowest BCUT2D eigenvalue weighted by Gasteiger charge is -2.12. The van der Waals surface area contributed by atoms with Crippen LogP contribution in [0, 0.1) is 5.82 Å². The van der Waals surface area contributed by atoms with E-state index in [4.69, 9.17) is 0 Å². The molecule has 4 aromatic rings. The van der Waals surface area contributed by atoms with Crippen LogP contribution in [-0.2, 0) is 6.54 Å². The largest absolute Gasteiger partial charge is 0.334 e. The molecule has 160 valence electrons. The fourth-order valence-corrected chi connectivity index (χ4v) is 3.83. The van der Waals surface area contributed by atoms with Gasteiger partial charge in [0.15, 0.2) is 0 Å². The molecule has 0 aliphatic rings. The number of amides is 2. The molecule has 3 N–H and O–H groups in total. The molecule has 2 amide bonds. The van der Waals surface area contributed by atoms with Gasteiger partial charge in [-0.15, -0.1) is 0 Å². The molecule has 3 aromatic carbocycles. The zero-order chi connectivity index (χ0) is 22.2. The molecule has 7 heteroatoms. The monoisotopic (exact) mass is 444 g/mol. The van der Waals surface area contributed by atoms with Gasteiger partial charge >= 0.3 is 6.03 Å². The summed E-state index contributed by atoms with van der Waals surface area (Å²) in [5.41, 5.74) is 4.49. The summed E-state index contributed by atoms with van der Waals surface area (Å²) in [4.78, 5) is 17.1. The van der Waals surface area contributed by atoms with Gasteiger partial charge in [0.25, 0.3) is 0 Å². The third-order valence-corrected chi connectivity index (χ3v) is 5.55. The minimum atomic E-state index is -0.280. The number of pyridine rings is 1. The summed E-state index contributed by atoms with van der Waals surface area (Å²) in [6.07, 6.45) is 3.41. The number of nitrogens with one attached hydrogen (secondary N) is 3. The first kappa shape index (κ1) is 21.4. The first-order valence-corrected chi connectivity index (χ1v) is 10.8. The maximum Gasteiger partial charge on any atom is 0.319 e. The topological polar surface area (TPSA) is 66.0 Å². The number of hydrogen-bond acceptors (Lipinski definition) is 4. The van der Waals surface area contributed by atoms with Gasteiger partial charge in [0.1, 0.15) is 5.82 Å². The summed E-state index contributed by atoms with van der Waals surface area (Å²) in [7, 11) is 0. The second kappa shape index (κ2) is 10.5. The van der Waals surface area contributed by atoms with E-state index in [1.54, 1.807) is 24.5 Å². The predicted molar refractivity (Wildman–Crippen MR) is 128 cm³/mol. The van der Waals surface area contributed by atoms with Crippen molar-refractivity contribution in [2.45, 2.75) is 11.4 Å². The number of benzene rings is 3. The van der Waals surface area contributed by atoms with Crippen LogP contribution >= 0.6 is 11.9 Å². The second-order valence-electron chi connectivity index (χ2n) is 6.95. The van der Waals surface area contributed by atoms with Crippen molar-refractivity contribution in [2.75, 3.05) is 10.0 Å². The number of rotatable bonds is 7. The van der Waals surface area contributed by atoms with Gasteiger partial charge in [0, 0.05) is 35.2 Å². The molecule has 0 spiro atoms. The van der Waals surface area contributed by atoms with Crippen LogP contribution in [0.2, 0.25) is 0 Å². The smallest absolute Gasteiger partial charge is 0.319 e. The molecule has 1 heterocycles. The highest BCUT2D eigenvalue weighted by Crippen LogP contribution is 2.32. The number of urea groups is 1. The molecule has 0 unspecified atom stereocenters. The zero-order valence-electron chi connectivity index (χ0n) is 17.1. The van der Waals surface area contributed by atoms with Crippen LogP contribution in [0.25, 0.3) is 11.1 Å². The highest BCUT2D eigenvalue weighted by atomic mass is 32.2. The SMILES string of the molecule is O=C(NCc1cccnc1)Nc1ccc(NSc2ccccc2-c2ccc(F)cc2)cc1. The molecule has 0 saturated heterocycles. The molecule has 4 rings (SSSR count). The molecule has 0 aliphatic heterocycles. The number of aromatic nitrogens is 1. The quantitative estimate of drug-likeness (QED) is 0.292. The van der Waals surface area contributed by atoms with Crippen LogP contribution < -0.4 is 15.4 Å². The fraction of sp³-hybridized carbons (Fsp3) is 0.0400. The van der Waals surface area contributed by atoms with E-state index >= 15 is 0 Å². The van der Waals surface area contributed by atoms with Crippen LogP contribution in [0.3, 0.4) is 0 Å². The van der Waals surface area contributed by atoms with E-state index in [1.165, 1.54) is 24.1 Å². The molecule has 32 heavy (non-hydrogen) atoms. The maximum absolute atomic E-state index is 13.3. The Hall–Kier alpha value is -3.84. The van der Waals surface area contributed by atoms with E-state index in [0.29, 0.717) is 12.2 Å². The van der Waals surface area contributed by atoms with Crippen molar-refractivity contribution in [1.29, 1.82) is 0 Å². The number of hydrogen-bond donors (Lipinski definition) is 3. The molecule has 0 fully saturated rings. The average Bonchev–Trinajstić information content (AvgIpc) is 2.84. The van der Waals surface area contributed by atoms with Gasteiger partial charge in [0.05, 0.1) is 0 Å². The normalized spacial score (nSPS) is 10.4. The van der Waals surface area contributed by atoms with E-state index in [-0.39, 0.29) is 11.8 Å². The van der Waals surface area contributed by atoms with Gasteiger partial charge in [-0.3, -0.25) is 4.98 Å². The molecule has 0 radical (unpaired) electrons. The average molecular weight is 445 g/mol. The van der Waals surface area contributed by atoms with Crippen molar-refractivity contribution in [1.82, 2.24) is 10.3 Å². The Labute approximate surface area is 190 Å². The van der Waals surface area contributed by atoms with Crippen molar-refractivity contribution in [3.8, 4) is 11.1 Å². The van der Waals surface area contributed by atoms with Gasteiger partial charge in [-0.1, -0.05) is 36.4 Å². The Morgan fingerprint density at radius 2 is 1.62 bits per heavy atom. The third kappa shape index (κ3) is 5.86. The summed E-state index contributed by atoms with van der Waals surface area (Å²) >= 11 is 1.48. The third-order valence-electron chi connectivity index (χ3n) is 4.64. The van der Waals surface area contributed by atoms with Gasteiger partial charge in [-0.05, 0) is 77.2 Å². The summed E-state index contributed by atoms with van der Waals surface area (Å²) in [5.74, 6) is -0.253. The van der Waals surface area contributed by atoms with E-state index in [2.05, 4.69) is 20.3 Å². The summed E-state index contributed by atoms with van der Waals surface area (Å²) in [5, 5.41) is 5.61. The van der Waals surface area contributed by atoms with Gasteiger partial charge in [-0.25, -0.2) is 9.18 Å². The predicted octanol–water partition coefficient (Wildman–Crippen LogP) is 6.33. The number of halogens is 1. The maximum atomic E-state index is 13.3. The molecule has 0 bridgehead atoms. The zero-order valence-corrected chi connectivity index (χ0v) is 17.9. The molecular formula is C25H21FN4OS. The number of carbonyl (C=O) groups excluding carboxylic acids is 1. The molecule has 1 aromatic heterocycles. The Balaban J connectivity index is 1.33. The summed E-state index contributed by atoms with van der Waals surface area (Å²) in [6.45, 7) is 0.406. The van der Waals surface area contributed by atoms with Crippen LogP contribution in [-0.4, -0.2) is 11.0 Å². The first-order chi connectivity index (χ1) is 15.7. The minimum absolute atomic E-state index is 0.253. The molecule has 5 nitrogen and oxygen atoms in total. The van der Waals surface area contributed by atoms with Crippen LogP contribution in [0.4, 0.5) is 20.6 Å². The first-order valence-electron chi connectivity index (χ1n) is 9.99. The number of anilines is 2. The lowest BCUT2D eigenvalue weighted by atomic mass is 10.1. The van der Waals surface area contributed by atoms with Gasteiger partial charge < -0.3 is 15.4 Å². The highest BCUT2D eigenvalue weighted by molar-refractivity contribution is 8.00. The highest BCUT2D eigenvalue weighted by Gasteiger charge is 2.07. The second-order valence-corrected chi connectivity index (χ2v) is 7.80. The van der Waals surface area contributed by atoms with Crippen LogP contribution in [0.1, 0.15) is 5.56 Å².